The first-order chi connectivity index (χ1) is 11.0. The fourth-order valence-corrected chi connectivity index (χ4v) is 2.44. The Morgan fingerprint density at radius 2 is 1.96 bits per heavy atom. The average molecular weight is 319 g/mol. The molecule has 1 aliphatic rings. The monoisotopic (exact) mass is 319 g/mol. The second-order valence-corrected chi connectivity index (χ2v) is 5.37. The maximum atomic E-state index is 13.2. The number of carbonyl (C=O) groups is 1. The molecule has 1 amide bonds. The molecule has 1 unspecified atom stereocenters. The molecule has 0 radical (unpaired) electrons. The highest BCUT2D eigenvalue weighted by atomic mass is 19.2. The molecule has 0 bridgehead atoms. The normalized spacial score (nSPS) is 14.8. The van der Waals surface area contributed by atoms with Crippen LogP contribution >= 0.6 is 0 Å². The van der Waals surface area contributed by atoms with Gasteiger partial charge in [-0.2, -0.15) is 0 Å². The van der Waals surface area contributed by atoms with Gasteiger partial charge in [0.2, 0.25) is 5.91 Å². The highest BCUT2D eigenvalue weighted by molar-refractivity contribution is 5.93. The van der Waals surface area contributed by atoms with Gasteiger partial charge in [0.25, 0.3) is 0 Å². The fourth-order valence-electron chi connectivity index (χ4n) is 2.44. The molecule has 2 N–H and O–H groups in total. The van der Waals surface area contributed by atoms with Gasteiger partial charge in [0.15, 0.2) is 11.6 Å². The van der Waals surface area contributed by atoms with Crippen molar-refractivity contribution in [2.45, 2.75) is 18.9 Å². The number of halogens is 2. The van der Waals surface area contributed by atoms with Gasteiger partial charge in [0, 0.05) is 12.1 Å². The summed E-state index contributed by atoms with van der Waals surface area (Å²) in [5, 5.41) is 12.8. The lowest BCUT2D eigenvalue weighted by Gasteiger charge is -2.18. The SMILES string of the molecule is O=C1CCc2cc(OCC(O)c3ccc(F)c(F)c3)ccc2N1. The number of aliphatic hydroxyl groups is 1. The highest BCUT2D eigenvalue weighted by Crippen LogP contribution is 2.27. The Bertz CT molecular complexity index is 749. The second kappa shape index (κ2) is 6.34. The molecule has 0 fully saturated rings. The summed E-state index contributed by atoms with van der Waals surface area (Å²) in [6.45, 7) is -0.0871. The topological polar surface area (TPSA) is 58.6 Å². The molecule has 2 aromatic rings. The fraction of sp³-hybridized carbons (Fsp3) is 0.235. The maximum absolute atomic E-state index is 13.2. The third-order valence-electron chi connectivity index (χ3n) is 3.71. The number of hydrogen-bond donors (Lipinski definition) is 2. The number of benzene rings is 2. The minimum absolute atomic E-state index is 0.0140. The van der Waals surface area contributed by atoms with Crippen LogP contribution in [0.2, 0.25) is 0 Å². The van der Waals surface area contributed by atoms with E-state index in [-0.39, 0.29) is 18.1 Å². The molecular formula is C17H15F2NO3. The van der Waals surface area contributed by atoms with Crippen LogP contribution in [0, 0.1) is 11.6 Å². The molecule has 0 aromatic heterocycles. The number of rotatable bonds is 4. The maximum Gasteiger partial charge on any atom is 0.224 e. The van der Waals surface area contributed by atoms with Gasteiger partial charge in [-0.1, -0.05) is 6.07 Å². The summed E-state index contributed by atoms with van der Waals surface area (Å²) in [6.07, 6.45) is -0.0151. The van der Waals surface area contributed by atoms with E-state index in [0.29, 0.717) is 18.6 Å². The zero-order valence-electron chi connectivity index (χ0n) is 12.2. The van der Waals surface area contributed by atoms with E-state index in [1.165, 1.54) is 6.07 Å². The van der Waals surface area contributed by atoms with Crippen LogP contribution in [0.4, 0.5) is 14.5 Å². The van der Waals surface area contributed by atoms with Crippen LogP contribution in [-0.4, -0.2) is 17.6 Å². The molecule has 3 rings (SSSR count). The molecule has 1 aliphatic heterocycles. The van der Waals surface area contributed by atoms with E-state index in [1.807, 2.05) is 0 Å². The minimum atomic E-state index is -1.07. The molecular weight excluding hydrogens is 304 g/mol. The number of anilines is 1. The summed E-state index contributed by atoms with van der Waals surface area (Å²) in [7, 11) is 0. The molecule has 2 aromatic carbocycles. The first-order valence-corrected chi connectivity index (χ1v) is 7.21. The van der Waals surface area contributed by atoms with Crippen molar-refractivity contribution in [1.29, 1.82) is 0 Å². The first kappa shape index (κ1) is 15.4. The molecule has 23 heavy (non-hydrogen) atoms. The van der Waals surface area contributed by atoms with Crippen LogP contribution in [0.1, 0.15) is 23.7 Å². The predicted octanol–water partition coefficient (Wildman–Crippen LogP) is 2.96. The lowest BCUT2D eigenvalue weighted by molar-refractivity contribution is -0.116. The predicted molar refractivity (Wildman–Crippen MR) is 80.2 cm³/mol. The van der Waals surface area contributed by atoms with Crippen molar-refractivity contribution in [3.63, 3.8) is 0 Å². The Labute approximate surface area is 131 Å². The number of nitrogens with one attached hydrogen (secondary N) is 1. The van der Waals surface area contributed by atoms with E-state index in [9.17, 15) is 18.7 Å². The third kappa shape index (κ3) is 3.48. The van der Waals surface area contributed by atoms with Crippen molar-refractivity contribution < 1.29 is 23.4 Å². The van der Waals surface area contributed by atoms with Gasteiger partial charge >= 0.3 is 0 Å². The molecule has 4 nitrogen and oxygen atoms in total. The standard InChI is InChI=1S/C17H15F2NO3/c18-13-4-1-11(8-14(13)19)16(21)9-23-12-3-5-15-10(7-12)2-6-17(22)20-15/h1,3-5,7-8,16,21H,2,6,9H2,(H,20,22). The van der Waals surface area contributed by atoms with E-state index >= 15 is 0 Å². The van der Waals surface area contributed by atoms with Crippen LogP contribution in [-0.2, 0) is 11.2 Å². The zero-order valence-corrected chi connectivity index (χ0v) is 12.2. The summed E-state index contributed by atoms with van der Waals surface area (Å²) in [6, 6.07) is 8.46. The molecule has 1 atom stereocenters. The Kier molecular flexibility index (Phi) is 4.25. The van der Waals surface area contributed by atoms with Gasteiger partial charge in [-0.3, -0.25) is 4.79 Å². The quantitative estimate of drug-likeness (QED) is 0.911. The number of hydrogen-bond acceptors (Lipinski definition) is 3. The summed E-state index contributed by atoms with van der Waals surface area (Å²) in [5.74, 6) is -1.44. The third-order valence-corrected chi connectivity index (χ3v) is 3.71. The van der Waals surface area contributed by atoms with E-state index in [1.54, 1.807) is 18.2 Å². The summed E-state index contributed by atoms with van der Waals surface area (Å²) in [5.41, 5.74) is 1.97. The van der Waals surface area contributed by atoms with Gasteiger partial charge in [-0.05, 0) is 47.9 Å². The largest absolute Gasteiger partial charge is 0.491 e. The Balaban J connectivity index is 1.66. The van der Waals surface area contributed by atoms with Crippen molar-refractivity contribution in [3.05, 3.63) is 59.2 Å². The lowest BCUT2D eigenvalue weighted by Crippen LogP contribution is -2.19. The molecule has 0 spiro atoms. The van der Waals surface area contributed by atoms with Gasteiger partial charge in [-0.25, -0.2) is 8.78 Å². The molecule has 120 valence electrons. The molecule has 0 saturated carbocycles. The van der Waals surface area contributed by atoms with Crippen molar-refractivity contribution in [3.8, 4) is 5.75 Å². The van der Waals surface area contributed by atoms with Crippen molar-refractivity contribution in [2.75, 3.05) is 11.9 Å². The molecule has 0 aliphatic carbocycles. The van der Waals surface area contributed by atoms with Crippen molar-refractivity contribution in [2.24, 2.45) is 0 Å². The Morgan fingerprint density at radius 1 is 1.13 bits per heavy atom. The summed E-state index contributed by atoms with van der Waals surface area (Å²) in [4.78, 5) is 11.3. The highest BCUT2D eigenvalue weighted by Gasteiger charge is 2.16. The van der Waals surface area contributed by atoms with Gasteiger partial charge in [0.1, 0.15) is 18.5 Å². The summed E-state index contributed by atoms with van der Waals surface area (Å²) >= 11 is 0. The van der Waals surface area contributed by atoms with E-state index < -0.39 is 17.7 Å². The van der Waals surface area contributed by atoms with Gasteiger partial charge in [-0.15, -0.1) is 0 Å². The average Bonchev–Trinajstić information content (AvgIpc) is 2.55. The number of carbonyl (C=O) groups excluding carboxylic acids is 1. The van der Waals surface area contributed by atoms with Crippen LogP contribution in [0.5, 0.6) is 5.75 Å². The van der Waals surface area contributed by atoms with Crippen LogP contribution < -0.4 is 10.1 Å². The van der Waals surface area contributed by atoms with E-state index in [4.69, 9.17) is 4.74 Å². The second-order valence-electron chi connectivity index (χ2n) is 5.37. The molecule has 1 heterocycles. The van der Waals surface area contributed by atoms with Crippen LogP contribution in [0.25, 0.3) is 0 Å². The summed E-state index contributed by atoms with van der Waals surface area (Å²) < 4.78 is 31.6. The Morgan fingerprint density at radius 3 is 2.74 bits per heavy atom. The van der Waals surface area contributed by atoms with Gasteiger partial charge in [0.05, 0.1) is 0 Å². The number of aryl methyl sites for hydroxylation is 1. The smallest absolute Gasteiger partial charge is 0.224 e. The van der Waals surface area contributed by atoms with Crippen molar-refractivity contribution >= 4 is 11.6 Å². The molecule has 6 heteroatoms. The number of aliphatic hydroxyl groups excluding tert-OH is 1. The number of amides is 1. The van der Waals surface area contributed by atoms with Gasteiger partial charge < -0.3 is 15.2 Å². The van der Waals surface area contributed by atoms with E-state index in [0.717, 1.165) is 23.4 Å². The number of ether oxygens (including phenoxy) is 1. The van der Waals surface area contributed by atoms with Crippen LogP contribution in [0.3, 0.4) is 0 Å². The van der Waals surface area contributed by atoms with Crippen LogP contribution in [0.15, 0.2) is 36.4 Å². The molecule has 0 saturated heterocycles. The van der Waals surface area contributed by atoms with Crippen molar-refractivity contribution in [1.82, 2.24) is 0 Å². The number of fused-ring (bicyclic) bond motifs is 1. The minimum Gasteiger partial charge on any atom is -0.491 e. The first-order valence-electron chi connectivity index (χ1n) is 7.21. The lowest BCUT2D eigenvalue weighted by atomic mass is 10.0. The zero-order chi connectivity index (χ0) is 16.4. The Hall–Kier alpha value is -2.47. The van der Waals surface area contributed by atoms with E-state index in [2.05, 4.69) is 5.32 Å².